The SMILES string of the molecule is CC[C@H](C)NC(=O)[C@@H](Cc1ccccc1)N(Cc1ccccc1F)C(=O)COc1ccc(C)cc1C. The van der Waals surface area contributed by atoms with Gasteiger partial charge in [0.05, 0.1) is 0 Å². The van der Waals surface area contributed by atoms with Crippen molar-refractivity contribution in [3.8, 4) is 5.75 Å². The van der Waals surface area contributed by atoms with Crippen LogP contribution in [-0.2, 0) is 22.6 Å². The first kappa shape index (κ1) is 26.9. The predicted octanol–water partition coefficient (Wildman–Crippen LogP) is 5.38. The van der Waals surface area contributed by atoms with Gasteiger partial charge in [0, 0.05) is 24.6 Å². The second kappa shape index (κ2) is 12.9. The molecule has 190 valence electrons. The van der Waals surface area contributed by atoms with Crippen LogP contribution < -0.4 is 10.1 Å². The summed E-state index contributed by atoms with van der Waals surface area (Å²) >= 11 is 0. The van der Waals surface area contributed by atoms with Gasteiger partial charge in [-0.05, 0) is 50.5 Å². The lowest BCUT2D eigenvalue weighted by Crippen LogP contribution is -2.53. The van der Waals surface area contributed by atoms with Crippen LogP contribution in [0.2, 0.25) is 0 Å². The van der Waals surface area contributed by atoms with E-state index < -0.39 is 17.8 Å². The van der Waals surface area contributed by atoms with E-state index >= 15 is 0 Å². The van der Waals surface area contributed by atoms with E-state index in [1.807, 2.05) is 76.2 Å². The van der Waals surface area contributed by atoms with Crippen LogP contribution in [-0.4, -0.2) is 35.4 Å². The maximum absolute atomic E-state index is 14.6. The summed E-state index contributed by atoms with van der Waals surface area (Å²) in [6.45, 7) is 7.50. The second-order valence-corrected chi connectivity index (χ2v) is 9.19. The summed E-state index contributed by atoms with van der Waals surface area (Å²) in [5.74, 6) is -0.488. The molecule has 0 unspecified atom stereocenters. The fourth-order valence-corrected chi connectivity index (χ4v) is 3.99. The van der Waals surface area contributed by atoms with Crippen LogP contribution in [0.4, 0.5) is 4.39 Å². The minimum atomic E-state index is -0.837. The average Bonchev–Trinajstić information content (AvgIpc) is 2.87. The van der Waals surface area contributed by atoms with Crippen LogP contribution >= 0.6 is 0 Å². The van der Waals surface area contributed by atoms with E-state index in [0.29, 0.717) is 17.7 Å². The van der Waals surface area contributed by atoms with Gasteiger partial charge in [0.15, 0.2) is 6.61 Å². The molecule has 0 aliphatic heterocycles. The number of ether oxygens (including phenoxy) is 1. The van der Waals surface area contributed by atoms with Crippen molar-refractivity contribution in [3.63, 3.8) is 0 Å². The Morgan fingerprint density at radius 3 is 2.36 bits per heavy atom. The first-order valence-electron chi connectivity index (χ1n) is 12.4. The number of nitrogens with zero attached hydrogens (tertiary/aromatic N) is 1. The van der Waals surface area contributed by atoms with Crippen molar-refractivity contribution in [1.82, 2.24) is 10.2 Å². The fraction of sp³-hybridized carbons (Fsp3) is 0.333. The number of halogens is 1. The molecule has 0 aromatic heterocycles. The largest absolute Gasteiger partial charge is 0.483 e. The Kier molecular flexibility index (Phi) is 9.62. The van der Waals surface area contributed by atoms with Crippen molar-refractivity contribution in [3.05, 3.63) is 101 Å². The highest BCUT2D eigenvalue weighted by Crippen LogP contribution is 2.21. The molecule has 0 spiro atoms. The standard InChI is InChI=1S/C30H35FN2O3/c1-5-23(4)32-30(35)27(18-24-11-7-6-8-12-24)33(19-25-13-9-10-14-26(25)31)29(34)20-36-28-16-15-21(2)17-22(28)3/h6-17,23,27H,5,18-20H2,1-4H3,(H,32,35)/t23-,27+/m0/s1. The summed E-state index contributed by atoms with van der Waals surface area (Å²) in [4.78, 5) is 28.5. The van der Waals surface area contributed by atoms with Gasteiger partial charge in [-0.1, -0.05) is 73.2 Å². The highest BCUT2D eigenvalue weighted by molar-refractivity contribution is 5.88. The molecule has 2 amide bonds. The average molecular weight is 491 g/mol. The van der Waals surface area contributed by atoms with Crippen molar-refractivity contribution in [2.75, 3.05) is 6.61 Å². The van der Waals surface area contributed by atoms with Crippen molar-refractivity contribution in [2.24, 2.45) is 0 Å². The zero-order chi connectivity index (χ0) is 26.1. The molecule has 0 bridgehead atoms. The maximum Gasteiger partial charge on any atom is 0.261 e. The zero-order valence-corrected chi connectivity index (χ0v) is 21.5. The molecule has 0 heterocycles. The first-order valence-corrected chi connectivity index (χ1v) is 12.4. The van der Waals surface area contributed by atoms with Crippen LogP contribution in [0, 0.1) is 19.7 Å². The third-order valence-electron chi connectivity index (χ3n) is 6.25. The Balaban J connectivity index is 1.93. The van der Waals surface area contributed by atoms with Gasteiger partial charge in [0.25, 0.3) is 5.91 Å². The quantitative estimate of drug-likeness (QED) is 0.393. The molecule has 0 saturated heterocycles. The van der Waals surface area contributed by atoms with E-state index in [0.717, 1.165) is 23.1 Å². The normalized spacial score (nSPS) is 12.5. The van der Waals surface area contributed by atoms with Gasteiger partial charge < -0.3 is 15.0 Å². The highest BCUT2D eigenvalue weighted by atomic mass is 19.1. The molecule has 0 aliphatic carbocycles. The second-order valence-electron chi connectivity index (χ2n) is 9.19. The molecule has 5 nitrogen and oxygen atoms in total. The van der Waals surface area contributed by atoms with Gasteiger partial charge in [-0.2, -0.15) is 0 Å². The molecule has 0 saturated carbocycles. The van der Waals surface area contributed by atoms with Crippen LogP contribution in [0.1, 0.15) is 42.5 Å². The Bertz CT molecular complexity index is 1170. The van der Waals surface area contributed by atoms with Crippen molar-refractivity contribution in [2.45, 2.75) is 59.2 Å². The van der Waals surface area contributed by atoms with Crippen molar-refractivity contribution in [1.29, 1.82) is 0 Å². The number of hydrogen-bond acceptors (Lipinski definition) is 3. The Morgan fingerprint density at radius 2 is 1.69 bits per heavy atom. The number of aryl methyl sites for hydroxylation is 2. The number of hydrogen-bond donors (Lipinski definition) is 1. The number of nitrogens with one attached hydrogen (secondary N) is 1. The third kappa shape index (κ3) is 7.41. The van der Waals surface area contributed by atoms with Crippen LogP contribution in [0.5, 0.6) is 5.75 Å². The van der Waals surface area contributed by atoms with E-state index in [9.17, 15) is 14.0 Å². The minimum absolute atomic E-state index is 0.0484. The molecule has 3 aromatic rings. The van der Waals surface area contributed by atoms with Gasteiger partial charge in [-0.3, -0.25) is 9.59 Å². The predicted molar refractivity (Wildman–Crippen MR) is 140 cm³/mol. The lowest BCUT2D eigenvalue weighted by Gasteiger charge is -2.32. The molecule has 1 N–H and O–H groups in total. The monoisotopic (exact) mass is 490 g/mol. The van der Waals surface area contributed by atoms with Crippen LogP contribution in [0.25, 0.3) is 0 Å². The van der Waals surface area contributed by atoms with E-state index in [1.54, 1.807) is 18.2 Å². The number of benzene rings is 3. The first-order chi connectivity index (χ1) is 17.3. The molecule has 0 fully saturated rings. The molecular weight excluding hydrogens is 455 g/mol. The minimum Gasteiger partial charge on any atom is -0.483 e. The van der Waals surface area contributed by atoms with Crippen molar-refractivity contribution >= 4 is 11.8 Å². The van der Waals surface area contributed by atoms with E-state index in [1.165, 1.54) is 11.0 Å². The Labute approximate surface area is 213 Å². The molecule has 0 aliphatic rings. The Hall–Kier alpha value is -3.67. The summed E-state index contributed by atoms with van der Waals surface area (Å²) in [6.07, 6.45) is 1.05. The van der Waals surface area contributed by atoms with Gasteiger partial charge in [-0.15, -0.1) is 0 Å². The number of amides is 2. The molecule has 2 atom stereocenters. The summed E-state index contributed by atoms with van der Waals surface area (Å²) in [5, 5.41) is 3.01. The number of carbonyl (C=O) groups is 2. The molecule has 3 aromatic carbocycles. The lowest BCUT2D eigenvalue weighted by molar-refractivity contribution is -0.143. The Morgan fingerprint density at radius 1 is 1.00 bits per heavy atom. The third-order valence-corrected chi connectivity index (χ3v) is 6.25. The smallest absolute Gasteiger partial charge is 0.261 e. The van der Waals surface area contributed by atoms with Gasteiger partial charge in [-0.25, -0.2) is 4.39 Å². The molecule has 6 heteroatoms. The molecule has 0 radical (unpaired) electrons. The molecule has 3 rings (SSSR count). The zero-order valence-electron chi connectivity index (χ0n) is 21.5. The van der Waals surface area contributed by atoms with E-state index in [4.69, 9.17) is 4.74 Å². The summed E-state index contributed by atoms with van der Waals surface area (Å²) < 4.78 is 20.5. The topological polar surface area (TPSA) is 58.6 Å². The van der Waals surface area contributed by atoms with E-state index in [-0.39, 0.29) is 25.1 Å². The van der Waals surface area contributed by atoms with Crippen molar-refractivity contribution < 1.29 is 18.7 Å². The van der Waals surface area contributed by atoms with Crippen LogP contribution in [0.3, 0.4) is 0 Å². The van der Waals surface area contributed by atoms with Gasteiger partial charge >= 0.3 is 0 Å². The summed E-state index contributed by atoms with van der Waals surface area (Å²) in [7, 11) is 0. The van der Waals surface area contributed by atoms with E-state index in [2.05, 4.69) is 5.32 Å². The highest BCUT2D eigenvalue weighted by Gasteiger charge is 2.31. The maximum atomic E-state index is 14.6. The van der Waals surface area contributed by atoms with Gasteiger partial charge in [0.1, 0.15) is 17.6 Å². The van der Waals surface area contributed by atoms with Gasteiger partial charge in [0.2, 0.25) is 5.91 Å². The molecule has 36 heavy (non-hydrogen) atoms. The lowest BCUT2D eigenvalue weighted by atomic mass is 10.0. The molecular formula is C30H35FN2O3. The number of carbonyl (C=O) groups excluding carboxylic acids is 2. The fourth-order valence-electron chi connectivity index (χ4n) is 3.99. The summed E-state index contributed by atoms with van der Waals surface area (Å²) in [5.41, 5.74) is 3.26. The number of rotatable bonds is 11. The summed E-state index contributed by atoms with van der Waals surface area (Å²) in [6, 6.07) is 20.7. The van der Waals surface area contributed by atoms with Crippen LogP contribution in [0.15, 0.2) is 72.8 Å².